The molecule has 1 fully saturated rings. The van der Waals surface area contributed by atoms with Crippen molar-refractivity contribution in [3.8, 4) is 0 Å². The van der Waals surface area contributed by atoms with E-state index < -0.39 is 10.8 Å². The van der Waals surface area contributed by atoms with E-state index in [4.69, 9.17) is 5.73 Å². The molecule has 0 radical (unpaired) electrons. The second-order valence-corrected chi connectivity index (χ2v) is 7.30. The van der Waals surface area contributed by atoms with E-state index in [1.165, 1.54) is 10.4 Å². The van der Waals surface area contributed by atoms with E-state index in [9.17, 15) is 4.21 Å². The van der Waals surface area contributed by atoms with Crippen LogP contribution in [0.2, 0.25) is 0 Å². The molecule has 1 aliphatic rings. The summed E-state index contributed by atoms with van der Waals surface area (Å²) in [5.41, 5.74) is 7.47. The lowest BCUT2D eigenvalue weighted by atomic mass is 10.0. The van der Waals surface area contributed by atoms with Crippen LogP contribution in [-0.2, 0) is 10.8 Å². The fourth-order valence-electron chi connectivity index (χ4n) is 2.35. The summed E-state index contributed by atoms with van der Waals surface area (Å²) in [6, 6.07) is 2.54. The van der Waals surface area contributed by atoms with Gasteiger partial charge >= 0.3 is 0 Å². The quantitative estimate of drug-likeness (QED) is 0.907. The van der Waals surface area contributed by atoms with Gasteiger partial charge in [0, 0.05) is 46.3 Å². The largest absolute Gasteiger partial charge is 0.326 e. The molecule has 17 heavy (non-hydrogen) atoms. The molecule has 0 aliphatic carbocycles. The molecule has 3 nitrogen and oxygen atoms in total. The first-order valence-corrected chi connectivity index (χ1v) is 8.35. The van der Waals surface area contributed by atoms with Crippen molar-refractivity contribution in [2.75, 3.05) is 24.6 Å². The highest BCUT2D eigenvalue weighted by Crippen LogP contribution is 2.31. The third-order valence-electron chi connectivity index (χ3n) is 3.27. The van der Waals surface area contributed by atoms with Crippen LogP contribution < -0.4 is 5.73 Å². The van der Waals surface area contributed by atoms with E-state index in [2.05, 4.69) is 30.2 Å². The third-order valence-corrected chi connectivity index (χ3v) is 5.64. The van der Waals surface area contributed by atoms with Gasteiger partial charge in [0.15, 0.2) is 0 Å². The molecule has 2 heterocycles. The minimum Gasteiger partial charge on any atom is -0.326 e. The number of thiophene rings is 1. The lowest BCUT2D eigenvalue weighted by molar-refractivity contribution is 0.195. The number of aryl methyl sites for hydroxylation is 1. The average molecular weight is 272 g/mol. The van der Waals surface area contributed by atoms with Crippen molar-refractivity contribution >= 4 is 22.1 Å². The van der Waals surface area contributed by atoms with E-state index in [0.717, 1.165) is 24.6 Å². The van der Waals surface area contributed by atoms with Gasteiger partial charge in [-0.15, -0.1) is 11.3 Å². The molecule has 0 amide bonds. The number of hydrogen-bond acceptors (Lipinski definition) is 4. The zero-order valence-corrected chi connectivity index (χ0v) is 12.0. The monoisotopic (exact) mass is 272 g/mol. The number of nitrogens with two attached hydrogens (primary N) is 1. The maximum Gasteiger partial charge on any atom is 0.0594 e. The number of hydrogen-bond donors (Lipinski definition) is 1. The molecule has 1 aromatic heterocycles. The van der Waals surface area contributed by atoms with Crippen LogP contribution >= 0.6 is 11.3 Å². The van der Waals surface area contributed by atoms with Crippen LogP contribution in [-0.4, -0.2) is 39.7 Å². The van der Waals surface area contributed by atoms with E-state index in [-0.39, 0.29) is 12.1 Å². The van der Waals surface area contributed by atoms with Crippen LogP contribution in [0.1, 0.15) is 23.4 Å². The first-order valence-electron chi connectivity index (χ1n) is 5.98. The van der Waals surface area contributed by atoms with E-state index in [1.807, 2.05) is 0 Å². The van der Waals surface area contributed by atoms with Crippen LogP contribution in [0.4, 0.5) is 0 Å². The van der Waals surface area contributed by atoms with Crippen molar-refractivity contribution < 1.29 is 4.21 Å². The van der Waals surface area contributed by atoms with Crippen LogP contribution in [0.5, 0.6) is 0 Å². The van der Waals surface area contributed by atoms with Gasteiger partial charge in [0.1, 0.15) is 0 Å². The Morgan fingerprint density at radius 3 is 2.59 bits per heavy atom. The highest BCUT2D eigenvalue weighted by molar-refractivity contribution is 7.85. The first kappa shape index (κ1) is 13.2. The predicted octanol–water partition coefficient (Wildman–Crippen LogP) is 1.51. The maximum atomic E-state index is 11.4. The van der Waals surface area contributed by atoms with Crippen LogP contribution in [0.25, 0.3) is 0 Å². The smallest absolute Gasteiger partial charge is 0.0594 e. The minimum atomic E-state index is -0.622. The van der Waals surface area contributed by atoms with Crippen molar-refractivity contribution in [2.45, 2.75) is 25.9 Å². The normalized spacial score (nSPS) is 22.5. The molecule has 0 saturated carbocycles. The predicted molar refractivity (Wildman–Crippen MR) is 74.9 cm³/mol. The summed E-state index contributed by atoms with van der Waals surface area (Å²) in [4.78, 5) is 3.76. The summed E-state index contributed by atoms with van der Waals surface area (Å²) in [7, 11) is -0.622. The fraction of sp³-hybridized carbons (Fsp3) is 0.667. The molecule has 2 unspecified atom stereocenters. The molecule has 2 atom stereocenters. The minimum absolute atomic E-state index is 0.110. The highest BCUT2D eigenvalue weighted by atomic mass is 32.2. The zero-order chi connectivity index (χ0) is 12.4. The van der Waals surface area contributed by atoms with Crippen molar-refractivity contribution in [1.29, 1.82) is 0 Å². The Balaban J connectivity index is 2.18. The SMILES string of the molecule is Cc1ccsc1C(C(C)N)N1CCS(=O)CC1. The topological polar surface area (TPSA) is 46.3 Å². The average Bonchev–Trinajstić information content (AvgIpc) is 2.68. The highest BCUT2D eigenvalue weighted by Gasteiger charge is 2.28. The third kappa shape index (κ3) is 2.96. The van der Waals surface area contributed by atoms with Gasteiger partial charge in [-0.05, 0) is 30.9 Å². The Kier molecular flexibility index (Phi) is 4.36. The second kappa shape index (κ2) is 5.61. The molecule has 2 rings (SSSR count). The molecule has 0 spiro atoms. The van der Waals surface area contributed by atoms with Crippen molar-refractivity contribution in [1.82, 2.24) is 4.90 Å². The first-order chi connectivity index (χ1) is 8.09. The Morgan fingerprint density at radius 2 is 2.12 bits per heavy atom. The maximum absolute atomic E-state index is 11.4. The summed E-state index contributed by atoms with van der Waals surface area (Å²) in [6.45, 7) is 6.00. The van der Waals surface area contributed by atoms with Gasteiger partial charge in [-0.2, -0.15) is 0 Å². The zero-order valence-electron chi connectivity index (χ0n) is 10.4. The summed E-state index contributed by atoms with van der Waals surface area (Å²) in [6.07, 6.45) is 0. The summed E-state index contributed by atoms with van der Waals surface area (Å²) in [5.74, 6) is 1.57. The molecule has 1 aliphatic heterocycles. The standard InChI is InChI=1S/C12H20N2OS2/c1-9-3-6-16-12(9)11(10(2)13)14-4-7-17(15)8-5-14/h3,6,10-11H,4-5,7-8,13H2,1-2H3. The Morgan fingerprint density at radius 1 is 1.47 bits per heavy atom. The summed E-state index contributed by atoms with van der Waals surface area (Å²) < 4.78 is 11.4. The van der Waals surface area contributed by atoms with Gasteiger partial charge < -0.3 is 5.73 Å². The number of nitrogens with zero attached hydrogens (tertiary/aromatic N) is 1. The molecule has 0 bridgehead atoms. The lowest BCUT2D eigenvalue weighted by Crippen LogP contribution is -2.45. The molecule has 1 saturated heterocycles. The molecule has 1 aromatic rings. The molecule has 2 N–H and O–H groups in total. The second-order valence-electron chi connectivity index (χ2n) is 4.66. The van der Waals surface area contributed by atoms with Gasteiger partial charge in [0.2, 0.25) is 0 Å². The van der Waals surface area contributed by atoms with Gasteiger partial charge in [-0.25, -0.2) is 0 Å². The van der Waals surface area contributed by atoms with E-state index >= 15 is 0 Å². The van der Waals surface area contributed by atoms with Crippen molar-refractivity contribution in [3.63, 3.8) is 0 Å². The van der Waals surface area contributed by atoms with Crippen LogP contribution in [0.15, 0.2) is 11.4 Å². The van der Waals surface area contributed by atoms with Gasteiger partial charge in [-0.1, -0.05) is 0 Å². The van der Waals surface area contributed by atoms with Gasteiger partial charge in [-0.3, -0.25) is 9.11 Å². The van der Waals surface area contributed by atoms with E-state index in [1.54, 1.807) is 11.3 Å². The molecular formula is C12H20N2OS2. The number of rotatable bonds is 3. The Bertz CT molecular complexity index is 393. The summed E-state index contributed by atoms with van der Waals surface area (Å²) in [5, 5.41) is 2.13. The Labute approximate surface area is 109 Å². The van der Waals surface area contributed by atoms with Crippen LogP contribution in [0, 0.1) is 6.92 Å². The van der Waals surface area contributed by atoms with Gasteiger partial charge in [0.05, 0.1) is 6.04 Å². The molecule has 0 aromatic carbocycles. The van der Waals surface area contributed by atoms with Crippen molar-refractivity contribution in [3.05, 3.63) is 21.9 Å². The Hall–Kier alpha value is -0.230. The van der Waals surface area contributed by atoms with Gasteiger partial charge in [0.25, 0.3) is 0 Å². The fourth-order valence-corrected chi connectivity index (χ4v) is 4.61. The molecule has 96 valence electrons. The summed E-state index contributed by atoms with van der Waals surface area (Å²) >= 11 is 1.78. The van der Waals surface area contributed by atoms with Crippen LogP contribution in [0.3, 0.4) is 0 Å². The van der Waals surface area contributed by atoms with Crippen molar-refractivity contribution in [2.24, 2.45) is 5.73 Å². The molecular weight excluding hydrogens is 252 g/mol. The lowest BCUT2D eigenvalue weighted by Gasteiger charge is -2.36. The van der Waals surface area contributed by atoms with E-state index in [0.29, 0.717) is 0 Å². The molecule has 5 heteroatoms.